The molecule has 10 N–H and O–H groups in total. The van der Waals surface area contributed by atoms with Crippen molar-refractivity contribution >= 4 is 84.2 Å². The molecule has 0 aliphatic carbocycles. The monoisotopic (exact) mass is 830 g/mol. The minimum Gasteiger partial charge on any atom is -0.324 e. The molecule has 2 aliphatic rings. The Morgan fingerprint density at radius 2 is 0.625 bits per heavy atom. The average molecular weight is 831 g/mol. The van der Waals surface area contributed by atoms with Crippen molar-refractivity contribution in [1.82, 2.24) is 39.9 Å². The molecule has 0 saturated carbocycles. The van der Waals surface area contributed by atoms with Gasteiger partial charge in [0.2, 0.25) is 40.1 Å². The molecule has 0 spiro atoms. The van der Waals surface area contributed by atoms with Gasteiger partial charge in [-0.3, -0.25) is 0 Å². The molecule has 0 fully saturated rings. The molecular weight excluding hydrogens is 809 g/mol. The molecule has 20 nitrogen and oxygen atoms in total. The van der Waals surface area contributed by atoms with E-state index in [1.54, 1.807) is 48.5 Å². The third-order valence-electron chi connectivity index (χ3n) is 8.96. The SMILES string of the molecule is NS(=O)(=O)c1c(S(N)(=O)=O)c(S(N)(=O)=O)c2c3nc4nc(nc5[nH]c(nc6nc(nc([nH]3)c2c1S(N)(=O)=O)-c1ccccc1-6)c1ccccc51)-c1ccccc1-4. The highest BCUT2D eigenvalue weighted by Crippen LogP contribution is 2.44. The van der Waals surface area contributed by atoms with E-state index in [2.05, 4.69) is 29.9 Å². The average Bonchev–Trinajstić information content (AvgIpc) is 3.84. The lowest BCUT2D eigenvalue weighted by Crippen LogP contribution is -2.29. The summed E-state index contributed by atoms with van der Waals surface area (Å²) in [6.45, 7) is 0. The Balaban J connectivity index is 1.65. The van der Waals surface area contributed by atoms with E-state index in [0.29, 0.717) is 44.3 Å². The lowest BCUT2D eigenvalue weighted by Gasteiger charge is -2.16. The van der Waals surface area contributed by atoms with Crippen molar-refractivity contribution in [3.63, 3.8) is 0 Å². The van der Waals surface area contributed by atoms with E-state index in [-0.39, 0.29) is 23.3 Å². The van der Waals surface area contributed by atoms with Crippen molar-refractivity contribution in [3.05, 3.63) is 72.8 Å². The largest absolute Gasteiger partial charge is 0.324 e. The van der Waals surface area contributed by atoms with Crippen molar-refractivity contribution in [2.75, 3.05) is 0 Å². The Morgan fingerprint density at radius 3 is 0.929 bits per heavy atom. The molecule has 56 heavy (non-hydrogen) atoms. The number of aromatic nitrogens is 8. The fourth-order valence-corrected chi connectivity index (χ4v) is 12.2. The number of primary sulfonamides is 4. The van der Waals surface area contributed by atoms with Gasteiger partial charge >= 0.3 is 0 Å². The highest BCUT2D eigenvalue weighted by atomic mass is 32.2. The maximum absolute atomic E-state index is 13.5. The number of nitrogens with one attached hydrogen (secondary N) is 2. The Kier molecular flexibility index (Phi) is 7.43. The van der Waals surface area contributed by atoms with E-state index in [9.17, 15) is 33.7 Å². The highest BCUT2D eigenvalue weighted by molar-refractivity contribution is 7.95. The zero-order valence-electron chi connectivity index (χ0n) is 27.8. The first-order valence-corrected chi connectivity index (χ1v) is 21.9. The van der Waals surface area contributed by atoms with Crippen molar-refractivity contribution in [2.24, 2.45) is 20.6 Å². The van der Waals surface area contributed by atoms with E-state index in [4.69, 9.17) is 30.5 Å². The van der Waals surface area contributed by atoms with Gasteiger partial charge in [-0.1, -0.05) is 72.8 Å². The van der Waals surface area contributed by atoms with E-state index >= 15 is 0 Å². The molecule has 7 aromatic rings. The molecule has 24 heteroatoms. The van der Waals surface area contributed by atoms with Crippen molar-refractivity contribution in [2.45, 2.75) is 19.6 Å². The maximum Gasteiger partial charge on any atom is 0.240 e. The van der Waals surface area contributed by atoms with Crippen LogP contribution < -0.4 is 20.6 Å². The second kappa shape index (κ2) is 11.7. The van der Waals surface area contributed by atoms with Crippen LogP contribution in [-0.4, -0.2) is 73.5 Å². The van der Waals surface area contributed by atoms with Crippen molar-refractivity contribution in [1.29, 1.82) is 0 Å². The Bertz CT molecular complexity index is 3380. The topological polar surface area (TPSA) is 350 Å². The van der Waals surface area contributed by atoms with Crippen LogP contribution in [0.5, 0.6) is 0 Å². The van der Waals surface area contributed by atoms with E-state index in [1.165, 1.54) is 0 Å². The summed E-state index contributed by atoms with van der Waals surface area (Å²) in [5, 5.41) is 21.7. The molecule has 0 saturated heterocycles. The zero-order valence-corrected chi connectivity index (χ0v) is 31.1. The third kappa shape index (κ3) is 5.46. The summed E-state index contributed by atoms with van der Waals surface area (Å²) in [4.78, 5) is 27.5. The summed E-state index contributed by atoms with van der Waals surface area (Å²) >= 11 is 0. The number of aromatic amines is 2. The number of hydrogen-bond donors (Lipinski definition) is 6. The minimum atomic E-state index is -5.52. The summed E-state index contributed by atoms with van der Waals surface area (Å²) in [5.74, 6) is -0.00951. The minimum absolute atomic E-state index is 0.128. The molecule has 2 aliphatic heterocycles. The summed E-state index contributed by atoms with van der Waals surface area (Å²) in [5.41, 5.74) is 1.13. The number of nitrogens with two attached hydrogens (primary N) is 4. The number of sulfonamides is 4. The molecule has 4 aromatic carbocycles. The van der Waals surface area contributed by atoms with Gasteiger partial charge in [0, 0.05) is 33.0 Å². The molecule has 8 bridgehead atoms. The van der Waals surface area contributed by atoms with E-state index < -0.39 is 81.7 Å². The van der Waals surface area contributed by atoms with E-state index in [1.807, 2.05) is 24.3 Å². The van der Waals surface area contributed by atoms with Crippen LogP contribution in [0.4, 0.5) is 0 Å². The first kappa shape index (κ1) is 35.6. The smallest absolute Gasteiger partial charge is 0.240 e. The predicted molar refractivity (Wildman–Crippen MR) is 202 cm³/mol. The Morgan fingerprint density at radius 1 is 0.357 bits per heavy atom. The molecule has 282 valence electrons. The zero-order chi connectivity index (χ0) is 39.7. The maximum atomic E-state index is 13.5. The molecule has 0 atom stereocenters. The fourth-order valence-electron chi connectivity index (χ4n) is 6.85. The molecule has 9 rings (SSSR count). The number of benzene rings is 4. The number of hydrogen-bond acceptors (Lipinski definition) is 14. The summed E-state index contributed by atoms with van der Waals surface area (Å²) < 4.78 is 107. The van der Waals surface area contributed by atoms with Crippen molar-refractivity contribution in [3.8, 4) is 45.6 Å². The standard InChI is InChI=1S/C32H22N12O8S4/c33-53(45,46)21-19-20(22(54(34,47)48)24(56(36,51)52)23(21)55(35,49)50)32-43-30-18-12-6-4-10-16(18)28(41-30)39-26-14-8-2-1-7-13(14)25(37-26)38-27-15-9-3-5-11-17(15)29(40-27)42-31(19)44-32/h1-12H,(H2,33,45,46)(H2,34,47,48)(H2,35,49,50)(H2,36,51,52)(H2,37,38,39,40,41,42,43,44). The second-order valence-electron chi connectivity index (χ2n) is 12.5. The number of nitrogens with zero attached hydrogens (tertiary/aromatic N) is 6. The first-order valence-electron chi connectivity index (χ1n) is 15.8. The van der Waals surface area contributed by atoms with Crippen LogP contribution in [0, 0.1) is 0 Å². The van der Waals surface area contributed by atoms with Crippen LogP contribution in [-0.2, 0) is 40.1 Å². The highest BCUT2D eigenvalue weighted by Gasteiger charge is 2.41. The lowest BCUT2D eigenvalue weighted by atomic mass is 10.1. The summed E-state index contributed by atoms with van der Waals surface area (Å²) in [6, 6.07) is 20.6. The lowest BCUT2D eigenvalue weighted by molar-refractivity contribution is 0.569. The molecule has 0 amide bonds. The Labute approximate surface area is 314 Å². The summed E-state index contributed by atoms with van der Waals surface area (Å²) in [6.07, 6.45) is 0. The van der Waals surface area contributed by atoms with Crippen LogP contribution in [0.2, 0.25) is 0 Å². The van der Waals surface area contributed by atoms with Crippen LogP contribution in [0.15, 0.2) is 92.4 Å². The van der Waals surface area contributed by atoms with Gasteiger partial charge in [-0.2, -0.15) is 0 Å². The molecule has 0 radical (unpaired) electrons. The van der Waals surface area contributed by atoms with Gasteiger partial charge in [0.05, 0.1) is 10.8 Å². The van der Waals surface area contributed by atoms with Crippen LogP contribution in [0.1, 0.15) is 0 Å². The van der Waals surface area contributed by atoms with Crippen LogP contribution in [0.25, 0.3) is 89.7 Å². The predicted octanol–water partition coefficient (Wildman–Crippen LogP) is 1.46. The van der Waals surface area contributed by atoms with Gasteiger partial charge in [0.15, 0.2) is 23.3 Å². The van der Waals surface area contributed by atoms with E-state index in [0.717, 1.165) is 0 Å². The van der Waals surface area contributed by atoms with Gasteiger partial charge in [0.25, 0.3) is 0 Å². The normalized spacial score (nSPS) is 13.2. The van der Waals surface area contributed by atoms with Crippen molar-refractivity contribution < 1.29 is 33.7 Å². The van der Waals surface area contributed by atoms with Gasteiger partial charge in [-0.05, 0) is 0 Å². The quantitative estimate of drug-likeness (QED) is 0.146. The number of H-pyrrole nitrogens is 2. The van der Waals surface area contributed by atoms with Crippen LogP contribution in [0.3, 0.4) is 0 Å². The van der Waals surface area contributed by atoms with Gasteiger partial charge in [-0.25, -0.2) is 84.1 Å². The second-order valence-corrected chi connectivity index (χ2v) is 18.5. The molecule has 0 unspecified atom stereocenters. The first-order chi connectivity index (χ1) is 26.3. The van der Waals surface area contributed by atoms with Gasteiger partial charge in [-0.15, -0.1) is 0 Å². The third-order valence-corrected chi connectivity index (χ3v) is 13.3. The molecule has 3 aromatic heterocycles. The number of rotatable bonds is 4. The van der Waals surface area contributed by atoms with Crippen LogP contribution >= 0.6 is 0 Å². The molecule has 5 heterocycles. The van der Waals surface area contributed by atoms with Gasteiger partial charge < -0.3 is 9.97 Å². The number of fused-ring (bicyclic) bond motifs is 20. The molecular formula is C32H22N12O8S4. The summed E-state index contributed by atoms with van der Waals surface area (Å²) in [7, 11) is -21.8. The Hall–Kier alpha value is -6.12. The van der Waals surface area contributed by atoms with Gasteiger partial charge in [0.1, 0.15) is 42.2 Å². The fraction of sp³-hybridized carbons (Fsp3) is 0.